The lowest BCUT2D eigenvalue weighted by Crippen LogP contribution is -2.33. The van der Waals surface area contributed by atoms with Gasteiger partial charge >= 0.3 is 0 Å². The van der Waals surface area contributed by atoms with Crippen molar-refractivity contribution in [3.05, 3.63) is 28.7 Å². The molecule has 3 nitrogen and oxygen atoms in total. The first-order valence-electron chi connectivity index (χ1n) is 4.80. The van der Waals surface area contributed by atoms with Crippen LogP contribution in [-0.2, 0) is 10.0 Å². The van der Waals surface area contributed by atoms with Crippen LogP contribution in [0.25, 0.3) is 0 Å². The highest BCUT2D eigenvalue weighted by Crippen LogP contribution is 2.21. The Hall–Kier alpha value is 0.0900. The standard InChI is InChI=1S/C10H13Br2NO2S/c1-8(6-7-11)13-16(14,15)10-5-3-2-4-9(10)12/h2-5,8,13H,6-7H2,1H3. The third kappa shape index (κ3) is 3.84. The van der Waals surface area contributed by atoms with Crippen molar-refractivity contribution >= 4 is 41.9 Å². The molecule has 1 atom stereocenters. The van der Waals surface area contributed by atoms with Crippen molar-refractivity contribution < 1.29 is 8.42 Å². The van der Waals surface area contributed by atoms with E-state index in [2.05, 4.69) is 36.6 Å². The predicted molar refractivity (Wildman–Crippen MR) is 72.3 cm³/mol. The van der Waals surface area contributed by atoms with Gasteiger partial charge in [-0.3, -0.25) is 0 Å². The summed E-state index contributed by atoms with van der Waals surface area (Å²) in [4.78, 5) is 0.274. The molecule has 1 aromatic carbocycles. The van der Waals surface area contributed by atoms with Gasteiger partial charge in [-0.15, -0.1) is 0 Å². The first kappa shape index (κ1) is 14.2. The Labute approximate surface area is 113 Å². The van der Waals surface area contributed by atoms with E-state index in [1.165, 1.54) is 0 Å². The van der Waals surface area contributed by atoms with E-state index in [1.807, 2.05) is 6.92 Å². The SMILES string of the molecule is CC(CCBr)NS(=O)(=O)c1ccccc1Br. The Balaban J connectivity index is 2.91. The first-order valence-corrected chi connectivity index (χ1v) is 8.20. The lowest BCUT2D eigenvalue weighted by molar-refractivity contribution is 0.557. The average molecular weight is 371 g/mol. The van der Waals surface area contributed by atoms with Crippen molar-refractivity contribution in [3.8, 4) is 0 Å². The molecule has 0 saturated heterocycles. The zero-order valence-electron chi connectivity index (χ0n) is 8.78. The molecule has 0 aliphatic rings. The maximum absolute atomic E-state index is 12.0. The predicted octanol–water partition coefficient (Wildman–Crippen LogP) is 2.90. The van der Waals surface area contributed by atoms with E-state index in [1.54, 1.807) is 24.3 Å². The molecule has 1 unspecified atom stereocenters. The molecule has 90 valence electrons. The summed E-state index contributed by atoms with van der Waals surface area (Å²) in [5.41, 5.74) is 0. The van der Waals surface area contributed by atoms with Crippen LogP contribution in [0.2, 0.25) is 0 Å². The Kier molecular flexibility index (Phi) is 5.43. The van der Waals surface area contributed by atoms with Crippen LogP contribution in [0.3, 0.4) is 0 Å². The summed E-state index contributed by atoms with van der Waals surface area (Å²) in [6.07, 6.45) is 0.754. The van der Waals surface area contributed by atoms with Crippen molar-refractivity contribution in [1.82, 2.24) is 4.72 Å². The number of sulfonamides is 1. The van der Waals surface area contributed by atoms with Crippen molar-refractivity contribution in [3.63, 3.8) is 0 Å². The van der Waals surface area contributed by atoms with Crippen LogP contribution >= 0.6 is 31.9 Å². The summed E-state index contributed by atoms with van der Waals surface area (Å²) in [5, 5.41) is 0.770. The fraction of sp³-hybridized carbons (Fsp3) is 0.400. The van der Waals surface area contributed by atoms with Crippen LogP contribution < -0.4 is 4.72 Å². The number of hydrogen-bond donors (Lipinski definition) is 1. The van der Waals surface area contributed by atoms with Gasteiger partial charge < -0.3 is 0 Å². The van der Waals surface area contributed by atoms with Crippen LogP contribution in [0.15, 0.2) is 33.6 Å². The zero-order valence-corrected chi connectivity index (χ0v) is 12.8. The highest BCUT2D eigenvalue weighted by atomic mass is 79.9. The number of alkyl halides is 1. The normalized spacial score (nSPS) is 13.7. The van der Waals surface area contributed by atoms with Gasteiger partial charge in [-0.25, -0.2) is 13.1 Å². The summed E-state index contributed by atoms with van der Waals surface area (Å²) >= 11 is 6.52. The highest BCUT2D eigenvalue weighted by Gasteiger charge is 2.19. The van der Waals surface area contributed by atoms with E-state index in [-0.39, 0.29) is 10.9 Å². The van der Waals surface area contributed by atoms with Gasteiger partial charge in [0.05, 0.1) is 4.90 Å². The van der Waals surface area contributed by atoms with Gasteiger partial charge in [0.15, 0.2) is 0 Å². The zero-order chi connectivity index (χ0) is 12.2. The fourth-order valence-corrected chi connectivity index (χ4v) is 4.18. The number of halogens is 2. The molecule has 0 amide bonds. The Morgan fingerprint density at radius 2 is 2.00 bits per heavy atom. The molecule has 1 aromatic rings. The molecule has 16 heavy (non-hydrogen) atoms. The Morgan fingerprint density at radius 1 is 1.38 bits per heavy atom. The second-order valence-corrected chi connectivity index (χ2v) is 6.76. The molecular formula is C10H13Br2NO2S. The van der Waals surface area contributed by atoms with Crippen molar-refractivity contribution in [1.29, 1.82) is 0 Å². The fourth-order valence-electron chi connectivity index (χ4n) is 1.21. The summed E-state index contributed by atoms with van der Waals surface area (Å²) in [6, 6.07) is 6.69. The molecule has 0 bridgehead atoms. The summed E-state index contributed by atoms with van der Waals surface area (Å²) in [7, 11) is -3.43. The first-order chi connectivity index (χ1) is 7.47. The molecule has 6 heteroatoms. The molecule has 0 aliphatic heterocycles. The van der Waals surface area contributed by atoms with E-state index in [4.69, 9.17) is 0 Å². The third-order valence-electron chi connectivity index (χ3n) is 2.02. The molecule has 0 aliphatic carbocycles. The van der Waals surface area contributed by atoms with Gasteiger partial charge in [0, 0.05) is 15.8 Å². The molecule has 0 spiro atoms. The maximum Gasteiger partial charge on any atom is 0.241 e. The van der Waals surface area contributed by atoms with Gasteiger partial charge in [-0.05, 0) is 41.4 Å². The lowest BCUT2D eigenvalue weighted by Gasteiger charge is -2.13. The number of rotatable bonds is 5. The van der Waals surface area contributed by atoms with E-state index in [9.17, 15) is 8.42 Å². The molecule has 0 aromatic heterocycles. The topological polar surface area (TPSA) is 46.2 Å². The lowest BCUT2D eigenvalue weighted by atomic mass is 10.3. The second kappa shape index (κ2) is 6.14. The van der Waals surface area contributed by atoms with Gasteiger partial charge in [0.2, 0.25) is 10.0 Å². The molecule has 0 fully saturated rings. The van der Waals surface area contributed by atoms with E-state index < -0.39 is 10.0 Å². The summed E-state index contributed by atoms with van der Waals surface area (Å²) < 4.78 is 27.2. The van der Waals surface area contributed by atoms with Gasteiger partial charge in [-0.2, -0.15) is 0 Å². The van der Waals surface area contributed by atoms with E-state index in [0.29, 0.717) is 4.47 Å². The molecule has 0 heterocycles. The minimum Gasteiger partial charge on any atom is -0.208 e. The summed E-state index contributed by atoms with van der Waals surface area (Å²) in [5.74, 6) is 0. The second-order valence-electron chi connectivity index (χ2n) is 3.43. The maximum atomic E-state index is 12.0. The van der Waals surface area contributed by atoms with Crippen molar-refractivity contribution in [2.45, 2.75) is 24.3 Å². The summed E-state index contributed by atoms with van der Waals surface area (Å²) in [6.45, 7) is 1.84. The van der Waals surface area contributed by atoms with Gasteiger partial charge in [0.25, 0.3) is 0 Å². The number of benzene rings is 1. The van der Waals surface area contributed by atoms with Crippen molar-refractivity contribution in [2.75, 3.05) is 5.33 Å². The molecule has 0 saturated carbocycles. The molecule has 0 radical (unpaired) electrons. The minimum atomic E-state index is -3.43. The largest absolute Gasteiger partial charge is 0.241 e. The van der Waals surface area contributed by atoms with Crippen LogP contribution in [0.1, 0.15) is 13.3 Å². The van der Waals surface area contributed by atoms with Crippen LogP contribution in [0.5, 0.6) is 0 Å². The number of nitrogens with one attached hydrogen (secondary N) is 1. The number of hydrogen-bond acceptors (Lipinski definition) is 2. The average Bonchev–Trinajstić information content (AvgIpc) is 2.17. The highest BCUT2D eigenvalue weighted by molar-refractivity contribution is 9.10. The molecule has 1 rings (SSSR count). The van der Waals surface area contributed by atoms with Crippen LogP contribution in [0, 0.1) is 0 Å². The monoisotopic (exact) mass is 369 g/mol. The third-order valence-corrected chi connectivity index (χ3v) is 5.08. The minimum absolute atomic E-state index is 0.0866. The van der Waals surface area contributed by atoms with Crippen LogP contribution in [0.4, 0.5) is 0 Å². The Morgan fingerprint density at radius 3 is 2.56 bits per heavy atom. The van der Waals surface area contributed by atoms with E-state index in [0.717, 1.165) is 11.8 Å². The van der Waals surface area contributed by atoms with E-state index >= 15 is 0 Å². The quantitative estimate of drug-likeness (QED) is 0.810. The van der Waals surface area contributed by atoms with Crippen molar-refractivity contribution in [2.24, 2.45) is 0 Å². The molecular weight excluding hydrogens is 358 g/mol. The van der Waals surface area contributed by atoms with Gasteiger partial charge in [0.1, 0.15) is 0 Å². The molecule has 1 N–H and O–H groups in total. The Bertz CT molecular complexity index is 448. The van der Waals surface area contributed by atoms with Gasteiger partial charge in [-0.1, -0.05) is 28.1 Å². The van der Waals surface area contributed by atoms with Crippen LogP contribution in [-0.4, -0.2) is 19.8 Å². The smallest absolute Gasteiger partial charge is 0.208 e.